The molecule has 0 aromatic heterocycles. The molecule has 18 heavy (non-hydrogen) atoms. The predicted molar refractivity (Wildman–Crippen MR) is 74.5 cm³/mol. The normalized spacial score (nSPS) is 25.9. The van der Waals surface area contributed by atoms with E-state index >= 15 is 0 Å². The zero-order valence-electron chi connectivity index (χ0n) is 12.2. The monoisotopic (exact) mass is 252 g/mol. The number of likely N-dealkylation sites (tertiary alicyclic amines) is 1. The molecule has 1 amide bonds. The highest BCUT2D eigenvalue weighted by Gasteiger charge is 2.40. The minimum atomic E-state index is 0.0580. The second kappa shape index (κ2) is 5.60. The van der Waals surface area contributed by atoms with Gasteiger partial charge in [0.25, 0.3) is 0 Å². The lowest BCUT2D eigenvalue weighted by molar-refractivity contribution is -0.133. The van der Waals surface area contributed by atoms with Crippen molar-refractivity contribution in [3.05, 3.63) is 0 Å². The third-order valence-corrected chi connectivity index (χ3v) is 4.98. The Morgan fingerprint density at radius 2 is 1.72 bits per heavy atom. The average Bonchev–Trinajstić information content (AvgIpc) is 2.61. The van der Waals surface area contributed by atoms with Gasteiger partial charge in [-0.05, 0) is 38.1 Å². The Labute approximate surface area is 112 Å². The zero-order valence-corrected chi connectivity index (χ0v) is 12.2. The summed E-state index contributed by atoms with van der Waals surface area (Å²) >= 11 is 0. The Morgan fingerprint density at radius 3 is 2.28 bits per heavy atom. The molecule has 1 aliphatic carbocycles. The molecule has 0 bridgehead atoms. The summed E-state index contributed by atoms with van der Waals surface area (Å²) < 4.78 is 0. The molecule has 1 spiro atoms. The van der Waals surface area contributed by atoms with Gasteiger partial charge >= 0.3 is 0 Å². The molecule has 0 aromatic rings. The first-order valence-corrected chi connectivity index (χ1v) is 7.49. The molecule has 1 aliphatic heterocycles. The Bertz CT molecular complexity index is 293. The topological polar surface area (TPSA) is 23.6 Å². The lowest BCUT2D eigenvalue weighted by Crippen LogP contribution is -2.44. The summed E-state index contributed by atoms with van der Waals surface area (Å²) in [7, 11) is 3.71. The van der Waals surface area contributed by atoms with Crippen molar-refractivity contribution in [1.29, 1.82) is 0 Å². The number of amides is 1. The van der Waals surface area contributed by atoms with Crippen LogP contribution in [0.25, 0.3) is 0 Å². The Balaban J connectivity index is 1.96. The van der Waals surface area contributed by atoms with Gasteiger partial charge in [0.2, 0.25) is 5.91 Å². The van der Waals surface area contributed by atoms with E-state index in [1.807, 2.05) is 14.1 Å². The second-order valence-corrected chi connectivity index (χ2v) is 6.54. The Kier molecular flexibility index (Phi) is 4.31. The fourth-order valence-corrected chi connectivity index (χ4v) is 3.72. The molecular weight excluding hydrogens is 224 g/mol. The molecule has 0 radical (unpaired) electrons. The van der Waals surface area contributed by atoms with Crippen molar-refractivity contribution >= 4 is 5.91 Å². The highest BCUT2D eigenvalue weighted by atomic mass is 16.2. The van der Waals surface area contributed by atoms with Crippen LogP contribution >= 0.6 is 0 Å². The van der Waals surface area contributed by atoms with Crippen LogP contribution in [0.15, 0.2) is 0 Å². The minimum absolute atomic E-state index is 0.0580. The number of hydrogen-bond acceptors (Lipinski definition) is 2. The maximum absolute atomic E-state index is 12.1. The van der Waals surface area contributed by atoms with Crippen molar-refractivity contribution in [1.82, 2.24) is 9.80 Å². The average molecular weight is 252 g/mol. The predicted octanol–water partition coefficient (Wildman–Crippen LogP) is 2.51. The van der Waals surface area contributed by atoms with Gasteiger partial charge in [-0.1, -0.05) is 25.7 Å². The van der Waals surface area contributed by atoms with Crippen LogP contribution in [0.1, 0.15) is 51.9 Å². The molecule has 1 atom stereocenters. The second-order valence-electron chi connectivity index (χ2n) is 6.54. The fraction of sp³-hybridized carbons (Fsp3) is 0.933. The summed E-state index contributed by atoms with van der Waals surface area (Å²) in [6.45, 7) is 4.33. The summed E-state index contributed by atoms with van der Waals surface area (Å²) in [5.41, 5.74) is 0.539. The molecule has 2 aliphatic rings. The summed E-state index contributed by atoms with van der Waals surface area (Å²) in [6.07, 6.45) is 9.67. The zero-order chi connectivity index (χ0) is 13.2. The first kappa shape index (κ1) is 13.9. The molecule has 2 fully saturated rings. The molecular formula is C15H28N2O. The van der Waals surface area contributed by atoms with Crippen molar-refractivity contribution in [2.45, 2.75) is 57.9 Å². The van der Waals surface area contributed by atoms with Crippen LogP contribution in [0.2, 0.25) is 0 Å². The molecule has 1 saturated carbocycles. The maximum Gasteiger partial charge on any atom is 0.239 e. The number of likely N-dealkylation sites (N-methyl/N-ethyl adjacent to an activating group) is 1. The molecule has 0 aromatic carbocycles. The smallest absolute Gasteiger partial charge is 0.239 e. The van der Waals surface area contributed by atoms with Crippen molar-refractivity contribution < 1.29 is 4.79 Å². The van der Waals surface area contributed by atoms with E-state index in [2.05, 4.69) is 11.8 Å². The number of carbonyl (C=O) groups is 1. The van der Waals surface area contributed by atoms with Gasteiger partial charge in [-0.25, -0.2) is 0 Å². The molecule has 104 valence electrons. The van der Waals surface area contributed by atoms with Gasteiger partial charge in [0.15, 0.2) is 0 Å². The third-order valence-electron chi connectivity index (χ3n) is 4.98. The molecule has 3 nitrogen and oxygen atoms in total. The van der Waals surface area contributed by atoms with Crippen LogP contribution in [-0.4, -0.2) is 48.9 Å². The summed E-state index contributed by atoms with van der Waals surface area (Å²) in [5.74, 6) is 0.251. The first-order valence-electron chi connectivity index (χ1n) is 7.49. The van der Waals surface area contributed by atoms with E-state index in [0.29, 0.717) is 5.41 Å². The van der Waals surface area contributed by atoms with Gasteiger partial charge in [-0.2, -0.15) is 0 Å². The van der Waals surface area contributed by atoms with Gasteiger partial charge in [-0.3, -0.25) is 9.69 Å². The van der Waals surface area contributed by atoms with E-state index in [1.165, 1.54) is 44.9 Å². The van der Waals surface area contributed by atoms with E-state index in [9.17, 15) is 4.79 Å². The third kappa shape index (κ3) is 2.87. The minimum Gasteiger partial charge on any atom is -0.347 e. The SMILES string of the molecule is C[C@@H](C(=O)N(C)C)N1CCC2(CCCCCC2)C1. The number of carbonyl (C=O) groups excluding carboxylic acids is 1. The Hall–Kier alpha value is -0.570. The highest BCUT2D eigenvalue weighted by molar-refractivity contribution is 5.81. The lowest BCUT2D eigenvalue weighted by Gasteiger charge is -2.30. The first-order chi connectivity index (χ1) is 8.54. The lowest BCUT2D eigenvalue weighted by atomic mass is 9.80. The van der Waals surface area contributed by atoms with Crippen molar-refractivity contribution in [3.8, 4) is 0 Å². The van der Waals surface area contributed by atoms with Gasteiger partial charge in [-0.15, -0.1) is 0 Å². The molecule has 0 N–H and O–H groups in total. The molecule has 2 rings (SSSR count). The van der Waals surface area contributed by atoms with Crippen LogP contribution < -0.4 is 0 Å². The van der Waals surface area contributed by atoms with Crippen LogP contribution in [0, 0.1) is 5.41 Å². The van der Waals surface area contributed by atoms with E-state index in [4.69, 9.17) is 0 Å². The quantitative estimate of drug-likeness (QED) is 0.754. The van der Waals surface area contributed by atoms with Gasteiger partial charge in [0.05, 0.1) is 6.04 Å². The molecule has 1 saturated heterocycles. The van der Waals surface area contributed by atoms with Crippen LogP contribution in [0.5, 0.6) is 0 Å². The van der Waals surface area contributed by atoms with Gasteiger partial charge in [0.1, 0.15) is 0 Å². The standard InChI is InChI=1S/C15H28N2O/c1-13(14(18)16(2)3)17-11-10-15(12-17)8-6-4-5-7-9-15/h13H,4-12H2,1-3H3/t13-/m0/s1. The van der Waals surface area contributed by atoms with Crippen molar-refractivity contribution in [2.75, 3.05) is 27.2 Å². The van der Waals surface area contributed by atoms with Crippen molar-refractivity contribution in [3.63, 3.8) is 0 Å². The van der Waals surface area contributed by atoms with Crippen molar-refractivity contribution in [2.24, 2.45) is 5.41 Å². The Morgan fingerprint density at radius 1 is 1.11 bits per heavy atom. The maximum atomic E-state index is 12.1. The summed E-state index contributed by atoms with van der Waals surface area (Å²) in [5, 5.41) is 0. The molecule has 1 heterocycles. The highest BCUT2D eigenvalue weighted by Crippen LogP contribution is 2.43. The number of rotatable bonds is 2. The summed E-state index contributed by atoms with van der Waals surface area (Å²) in [6, 6.07) is 0.0580. The van der Waals surface area contributed by atoms with E-state index < -0.39 is 0 Å². The van der Waals surface area contributed by atoms with Crippen LogP contribution in [0.3, 0.4) is 0 Å². The van der Waals surface area contributed by atoms with E-state index in [1.54, 1.807) is 4.90 Å². The largest absolute Gasteiger partial charge is 0.347 e. The fourth-order valence-electron chi connectivity index (χ4n) is 3.72. The van der Waals surface area contributed by atoms with Gasteiger partial charge in [0, 0.05) is 20.6 Å². The van der Waals surface area contributed by atoms with Crippen LogP contribution in [0.4, 0.5) is 0 Å². The molecule has 0 unspecified atom stereocenters. The molecule has 3 heteroatoms. The number of nitrogens with zero attached hydrogens (tertiary/aromatic N) is 2. The summed E-state index contributed by atoms with van der Waals surface area (Å²) in [4.78, 5) is 16.2. The van der Waals surface area contributed by atoms with Gasteiger partial charge < -0.3 is 4.90 Å². The number of hydrogen-bond donors (Lipinski definition) is 0. The van der Waals surface area contributed by atoms with Crippen LogP contribution in [-0.2, 0) is 4.79 Å². The van der Waals surface area contributed by atoms with E-state index in [-0.39, 0.29) is 11.9 Å². The van der Waals surface area contributed by atoms with E-state index in [0.717, 1.165) is 13.1 Å².